The molecule has 2 aromatic carbocycles. The van der Waals surface area contributed by atoms with Gasteiger partial charge in [-0.15, -0.1) is 0 Å². The predicted molar refractivity (Wildman–Crippen MR) is 112 cm³/mol. The van der Waals surface area contributed by atoms with Gasteiger partial charge in [-0.05, 0) is 35.2 Å². The average molecular weight is 389 g/mol. The Morgan fingerprint density at radius 1 is 1.03 bits per heavy atom. The van der Waals surface area contributed by atoms with Crippen LogP contribution >= 0.6 is 0 Å². The van der Waals surface area contributed by atoms with Crippen molar-refractivity contribution in [2.75, 3.05) is 5.73 Å². The summed E-state index contributed by atoms with van der Waals surface area (Å²) >= 11 is 0. The van der Waals surface area contributed by atoms with Gasteiger partial charge in [0, 0.05) is 24.6 Å². The highest BCUT2D eigenvalue weighted by molar-refractivity contribution is 5.84. The Hall–Kier alpha value is -3.38. The summed E-state index contributed by atoms with van der Waals surface area (Å²) in [6, 6.07) is 19.5. The Bertz CT molecular complexity index is 1040. The minimum Gasteiger partial charge on any atom is -0.465 e. The summed E-state index contributed by atoms with van der Waals surface area (Å²) in [6.07, 6.45) is 1.33. The lowest BCUT2D eigenvalue weighted by Gasteiger charge is -2.51. The van der Waals surface area contributed by atoms with Gasteiger partial charge in [0.25, 0.3) is 0 Å². The molecule has 1 heterocycles. The minimum atomic E-state index is -1.10. The van der Waals surface area contributed by atoms with Gasteiger partial charge in [-0.25, -0.2) is 9.78 Å². The Labute approximate surface area is 169 Å². The standard InChI is InChI=1S/C23H23N3O3/c1-22(29)13-23(14-22,26-21(27)28)17-9-7-16(8-10-17)19-12-25-20(24)11-18(19)15-5-3-2-4-6-15/h2-12,26,29H,13-14H2,1H3,(H2,24,25)(H,27,28)/t22-,23+. The molecule has 0 saturated heterocycles. The third kappa shape index (κ3) is 3.67. The Morgan fingerprint density at radius 3 is 2.24 bits per heavy atom. The highest BCUT2D eigenvalue weighted by Crippen LogP contribution is 2.48. The number of nitrogens with one attached hydrogen (secondary N) is 1. The number of rotatable bonds is 4. The molecule has 6 nitrogen and oxygen atoms in total. The SMILES string of the molecule is C[C@]1(O)C[C@](NC(=O)O)(c2ccc(-c3cnc(N)cc3-c3ccccc3)cc2)C1. The van der Waals surface area contributed by atoms with Gasteiger partial charge < -0.3 is 21.3 Å². The van der Waals surface area contributed by atoms with Crippen molar-refractivity contribution in [3.05, 3.63) is 72.4 Å². The average Bonchev–Trinajstić information content (AvgIpc) is 2.67. The minimum absolute atomic E-state index is 0.338. The first-order valence-electron chi connectivity index (χ1n) is 9.43. The first kappa shape index (κ1) is 19.0. The molecule has 1 aliphatic carbocycles. The molecule has 1 aromatic heterocycles. The van der Waals surface area contributed by atoms with E-state index in [9.17, 15) is 15.0 Å². The second-order valence-corrected chi connectivity index (χ2v) is 7.96. The van der Waals surface area contributed by atoms with Crippen molar-refractivity contribution in [1.82, 2.24) is 10.3 Å². The highest BCUT2D eigenvalue weighted by atomic mass is 16.4. The largest absolute Gasteiger partial charge is 0.465 e. The molecule has 0 radical (unpaired) electrons. The molecule has 5 N–H and O–H groups in total. The van der Waals surface area contributed by atoms with E-state index in [4.69, 9.17) is 5.73 Å². The third-order valence-electron chi connectivity index (χ3n) is 5.47. The lowest BCUT2D eigenvalue weighted by atomic mass is 9.62. The third-order valence-corrected chi connectivity index (χ3v) is 5.47. The van der Waals surface area contributed by atoms with Gasteiger partial charge >= 0.3 is 6.09 Å². The molecule has 1 aliphatic rings. The van der Waals surface area contributed by atoms with E-state index in [-0.39, 0.29) is 0 Å². The van der Waals surface area contributed by atoms with E-state index in [0.717, 1.165) is 27.8 Å². The number of hydrogen-bond donors (Lipinski definition) is 4. The normalized spacial score (nSPS) is 23.2. The van der Waals surface area contributed by atoms with Crippen LogP contribution in [0.2, 0.25) is 0 Å². The van der Waals surface area contributed by atoms with Crippen molar-refractivity contribution in [3.63, 3.8) is 0 Å². The number of nitrogens with two attached hydrogens (primary N) is 1. The van der Waals surface area contributed by atoms with Crippen LogP contribution in [0.3, 0.4) is 0 Å². The highest BCUT2D eigenvalue weighted by Gasteiger charge is 2.53. The van der Waals surface area contributed by atoms with Gasteiger partial charge in [0.05, 0.1) is 11.1 Å². The predicted octanol–water partition coefficient (Wildman–Crippen LogP) is 4.01. The molecule has 29 heavy (non-hydrogen) atoms. The number of carbonyl (C=O) groups is 1. The first-order chi connectivity index (χ1) is 13.8. The number of anilines is 1. The van der Waals surface area contributed by atoms with Gasteiger partial charge in [-0.1, -0.05) is 54.6 Å². The maximum Gasteiger partial charge on any atom is 0.405 e. The number of aliphatic hydroxyl groups is 1. The van der Waals surface area contributed by atoms with Gasteiger partial charge in [0.1, 0.15) is 5.82 Å². The fourth-order valence-corrected chi connectivity index (χ4v) is 4.34. The number of benzene rings is 2. The van der Waals surface area contributed by atoms with E-state index in [0.29, 0.717) is 18.7 Å². The summed E-state index contributed by atoms with van der Waals surface area (Å²) in [4.78, 5) is 15.6. The molecule has 0 bridgehead atoms. The van der Waals surface area contributed by atoms with Gasteiger partial charge in [-0.3, -0.25) is 0 Å². The van der Waals surface area contributed by atoms with Crippen LogP contribution in [-0.2, 0) is 5.54 Å². The topological polar surface area (TPSA) is 108 Å². The van der Waals surface area contributed by atoms with E-state index < -0.39 is 17.2 Å². The molecular weight excluding hydrogens is 366 g/mol. The van der Waals surface area contributed by atoms with Gasteiger partial charge in [-0.2, -0.15) is 0 Å². The Balaban J connectivity index is 1.71. The molecular formula is C23H23N3O3. The van der Waals surface area contributed by atoms with Crippen LogP contribution in [-0.4, -0.2) is 26.9 Å². The van der Waals surface area contributed by atoms with Crippen molar-refractivity contribution < 1.29 is 15.0 Å². The number of carboxylic acid groups (broad SMARTS) is 1. The number of amides is 1. The summed E-state index contributed by atoms with van der Waals surface area (Å²) in [6.45, 7) is 1.72. The zero-order valence-electron chi connectivity index (χ0n) is 16.1. The maximum absolute atomic E-state index is 11.3. The molecule has 6 heteroatoms. The second-order valence-electron chi connectivity index (χ2n) is 7.96. The van der Waals surface area contributed by atoms with Crippen LogP contribution < -0.4 is 11.1 Å². The van der Waals surface area contributed by atoms with Crippen LogP contribution in [0, 0.1) is 0 Å². The fourth-order valence-electron chi connectivity index (χ4n) is 4.34. The van der Waals surface area contributed by atoms with Crippen molar-refractivity contribution in [2.45, 2.75) is 30.9 Å². The molecule has 0 aliphatic heterocycles. The second kappa shape index (κ2) is 6.90. The maximum atomic E-state index is 11.3. The van der Waals surface area contributed by atoms with Crippen LogP contribution in [0.5, 0.6) is 0 Å². The van der Waals surface area contributed by atoms with Crippen molar-refractivity contribution in [1.29, 1.82) is 0 Å². The lowest BCUT2D eigenvalue weighted by Crippen LogP contribution is -2.61. The number of nitrogen functional groups attached to an aromatic ring is 1. The van der Waals surface area contributed by atoms with Crippen LogP contribution in [0.4, 0.5) is 10.6 Å². The van der Waals surface area contributed by atoms with Crippen LogP contribution in [0.15, 0.2) is 66.9 Å². The van der Waals surface area contributed by atoms with Gasteiger partial charge in [0.2, 0.25) is 0 Å². The summed E-state index contributed by atoms with van der Waals surface area (Å²) in [5, 5.41) is 22.0. The Morgan fingerprint density at radius 2 is 1.66 bits per heavy atom. The molecule has 0 atom stereocenters. The summed E-state index contributed by atoms with van der Waals surface area (Å²) in [5.41, 5.74) is 9.04. The molecule has 1 fully saturated rings. The van der Waals surface area contributed by atoms with Crippen LogP contribution in [0.1, 0.15) is 25.3 Å². The number of hydrogen-bond acceptors (Lipinski definition) is 4. The molecule has 1 saturated carbocycles. The van der Waals surface area contributed by atoms with E-state index in [2.05, 4.69) is 10.3 Å². The lowest BCUT2D eigenvalue weighted by molar-refractivity contribution is -0.0858. The molecule has 3 aromatic rings. The van der Waals surface area contributed by atoms with Crippen LogP contribution in [0.25, 0.3) is 22.3 Å². The zero-order chi connectivity index (χ0) is 20.6. The molecule has 1 amide bonds. The van der Waals surface area contributed by atoms with E-state index in [1.165, 1.54) is 0 Å². The first-order valence-corrected chi connectivity index (χ1v) is 9.43. The van der Waals surface area contributed by atoms with Crippen molar-refractivity contribution >= 4 is 11.9 Å². The smallest absolute Gasteiger partial charge is 0.405 e. The van der Waals surface area contributed by atoms with E-state index in [1.54, 1.807) is 13.1 Å². The molecule has 0 spiro atoms. The summed E-state index contributed by atoms with van der Waals surface area (Å²) in [7, 11) is 0. The Kier molecular flexibility index (Phi) is 4.51. The monoisotopic (exact) mass is 389 g/mol. The van der Waals surface area contributed by atoms with Crippen molar-refractivity contribution in [2.24, 2.45) is 0 Å². The summed E-state index contributed by atoms with van der Waals surface area (Å²) < 4.78 is 0. The number of aromatic nitrogens is 1. The van der Waals surface area contributed by atoms with Crippen molar-refractivity contribution in [3.8, 4) is 22.3 Å². The zero-order valence-corrected chi connectivity index (χ0v) is 16.1. The quantitative estimate of drug-likeness (QED) is 0.539. The summed E-state index contributed by atoms with van der Waals surface area (Å²) in [5.74, 6) is 0.450. The molecule has 148 valence electrons. The van der Waals surface area contributed by atoms with E-state index in [1.807, 2.05) is 60.7 Å². The van der Waals surface area contributed by atoms with Gasteiger partial charge in [0.15, 0.2) is 0 Å². The van der Waals surface area contributed by atoms with E-state index >= 15 is 0 Å². The number of nitrogens with zero attached hydrogens (tertiary/aromatic N) is 1. The number of pyridine rings is 1. The fraction of sp³-hybridized carbons (Fsp3) is 0.217. The molecule has 4 rings (SSSR count). The molecule has 0 unspecified atom stereocenters.